The number of hydrogen-bond acceptors (Lipinski definition) is 8. The number of esters is 1. The van der Waals surface area contributed by atoms with Crippen molar-refractivity contribution in [3.63, 3.8) is 0 Å². The first-order valence-corrected chi connectivity index (χ1v) is 17.1. The van der Waals surface area contributed by atoms with Gasteiger partial charge in [-0.25, -0.2) is 9.78 Å². The highest BCUT2D eigenvalue weighted by molar-refractivity contribution is 8.07. The van der Waals surface area contributed by atoms with Crippen LogP contribution in [0.15, 0.2) is 130 Å². The summed E-state index contributed by atoms with van der Waals surface area (Å²) in [5, 5.41) is 2.48. The van der Waals surface area contributed by atoms with Crippen LogP contribution >= 0.6 is 34.9 Å². The molecule has 0 aliphatic carbocycles. The molecular formula is C35H27N3O4S3. The molecule has 2 aliphatic heterocycles. The molecular weight excluding hydrogens is 623 g/mol. The summed E-state index contributed by atoms with van der Waals surface area (Å²) in [4.78, 5) is 47.8. The van der Waals surface area contributed by atoms with Crippen molar-refractivity contribution in [3.8, 4) is 0 Å². The van der Waals surface area contributed by atoms with E-state index in [4.69, 9.17) is 9.72 Å². The summed E-state index contributed by atoms with van der Waals surface area (Å²) < 4.78 is 8.09. The molecule has 1 N–H and O–H groups in total. The fourth-order valence-electron chi connectivity index (χ4n) is 5.41. The van der Waals surface area contributed by atoms with Gasteiger partial charge in [-0.05, 0) is 28.8 Å². The van der Waals surface area contributed by atoms with Crippen LogP contribution in [0.2, 0.25) is 0 Å². The average Bonchev–Trinajstić information content (AvgIpc) is 3.49. The van der Waals surface area contributed by atoms with Crippen molar-refractivity contribution in [3.05, 3.63) is 143 Å². The number of amides is 2. The second kappa shape index (κ2) is 12.9. The van der Waals surface area contributed by atoms with Gasteiger partial charge in [0.1, 0.15) is 17.1 Å². The van der Waals surface area contributed by atoms with Gasteiger partial charge < -0.3 is 10.1 Å². The number of carbonyl (C=O) groups excluding carboxylic acids is 3. The van der Waals surface area contributed by atoms with Crippen LogP contribution in [0.5, 0.6) is 0 Å². The molecule has 3 heterocycles. The van der Waals surface area contributed by atoms with Gasteiger partial charge in [-0.15, -0.1) is 23.1 Å². The maximum absolute atomic E-state index is 14.2. The van der Waals surface area contributed by atoms with Crippen LogP contribution in [0.3, 0.4) is 0 Å². The summed E-state index contributed by atoms with van der Waals surface area (Å²) in [6.07, 6.45) is -0.506. The predicted molar refractivity (Wildman–Crippen MR) is 178 cm³/mol. The second-order valence-corrected chi connectivity index (χ2v) is 14.0. The number of hydrogen-bond donors (Lipinski definition) is 1. The van der Waals surface area contributed by atoms with Crippen LogP contribution in [0.1, 0.15) is 22.8 Å². The monoisotopic (exact) mass is 649 g/mol. The van der Waals surface area contributed by atoms with Crippen molar-refractivity contribution < 1.29 is 19.1 Å². The first-order valence-electron chi connectivity index (χ1n) is 14.4. The Morgan fingerprint density at radius 3 is 2.18 bits per heavy atom. The van der Waals surface area contributed by atoms with Gasteiger partial charge >= 0.3 is 5.97 Å². The fraction of sp³-hybridized carbons (Fsp3) is 0.143. The van der Waals surface area contributed by atoms with E-state index in [-0.39, 0.29) is 23.9 Å². The zero-order valence-electron chi connectivity index (χ0n) is 23.9. The summed E-state index contributed by atoms with van der Waals surface area (Å²) >= 11 is 4.45. The number of β-lactam (4-membered cyclic amide) rings is 1. The van der Waals surface area contributed by atoms with Gasteiger partial charge in [-0.3, -0.25) is 14.5 Å². The van der Waals surface area contributed by atoms with E-state index in [1.54, 1.807) is 0 Å². The van der Waals surface area contributed by atoms with Crippen molar-refractivity contribution >= 4 is 62.9 Å². The molecule has 5 aromatic rings. The van der Waals surface area contributed by atoms with Gasteiger partial charge in [-0.1, -0.05) is 115 Å². The minimum atomic E-state index is -0.734. The number of benzene rings is 4. The second-order valence-electron chi connectivity index (χ2n) is 10.5. The quantitative estimate of drug-likeness (QED) is 0.143. The van der Waals surface area contributed by atoms with Gasteiger partial charge in [0.15, 0.2) is 10.4 Å². The first-order chi connectivity index (χ1) is 22.0. The lowest BCUT2D eigenvalue weighted by Crippen LogP contribution is -2.70. The van der Waals surface area contributed by atoms with Gasteiger partial charge in [-0.2, -0.15) is 0 Å². The normalized spacial score (nSPS) is 17.6. The molecule has 0 bridgehead atoms. The maximum Gasteiger partial charge on any atom is 0.356 e. The summed E-state index contributed by atoms with van der Waals surface area (Å²) in [6.45, 7) is 0. The SMILES string of the molecule is O=C(Cc1ccccc1)NC1C(=O)N2C(C(=O)OC(c3ccccc3)c3ccccc3)=C(Sc3nc4ccccc4s3)CS[C@H]12. The number of para-hydroxylation sites is 1. The average molecular weight is 650 g/mol. The Kier molecular flexibility index (Phi) is 8.43. The number of nitrogens with zero attached hydrogens (tertiary/aromatic N) is 2. The van der Waals surface area contributed by atoms with E-state index >= 15 is 0 Å². The number of nitrogens with one attached hydrogen (secondary N) is 1. The van der Waals surface area contributed by atoms with Crippen molar-refractivity contribution in [1.82, 2.24) is 15.2 Å². The Morgan fingerprint density at radius 1 is 0.889 bits per heavy atom. The molecule has 0 spiro atoms. The van der Waals surface area contributed by atoms with Gasteiger partial charge in [0.05, 0.1) is 16.6 Å². The summed E-state index contributed by atoms with van der Waals surface area (Å²) in [5.74, 6) is -0.704. The van der Waals surface area contributed by atoms with Gasteiger partial charge in [0.2, 0.25) is 5.91 Å². The Balaban J connectivity index is 1.19. The maximum atomic E-state index is 14.2. The molecule has 1 saturated heterocycles. The lowest BCUT2D eigenvalue weighted by atomic mass is 10.0. The molecule has 2 amide bonds. The van der Waals surface area contributed by atoms with Crippen LogP contribution in [0, 0.1) is 0 Å². The number of rotatable bonds is 9. The Morgan fingerprint density at radius 2 is 1.51 bits per heavy atom. The van der Waals surface area contributed by atoms with E-state index in [0.29, 0.717) is 10.7 Å². The predicted octanol–water partition coefficient (Wildman–Crippen LogP) is 6.58. The molecule has 224 valence electrons. The summed E-state index contributed by atoms with van der Waals surface area (Å²) in [7, 11) is 0. The van der Waals surface area contributed by atoms with E-state index in [1.165, 1.54) is 39.8 Å². The molecule has 45 heavy (non-hydrogen) atoms. The molecule has 0 radical (unpaired) electrons. The highest BCUT2D eigenvalue weighted by Crippen LogP contribution is 2.47. The smallest absolute Gasteiger partial charge is 0.356 e. The summed E-state index contributed by atoms with van der Waals surface area (Å²) in [6, 6.07) is 35.7. The Bertz CT molecular complexity index is 1820. The summed E-state index contributed by atoms with van der Waals surface area (Å²) in [5.41, 5.74) is 3.59. The van der Waals surface area contributed by atoms with Gasteiger partial charge in [0, 0.05) is 10.7 Å². The number of thiazole rings is 1. The van der Waals surface area contributed by atoms with Crippen LogP contribution in [0.4, 0.5) is 0 Å². The standard InChI is InChI=1S/C35H27N3O4S3/c39-28(20-22-12-4-1-5-13-22)37-29-32(40)38-30(27(21-43-33(29)38)45-35-36-25-18-10-11-19-26(25)44-35)34(41)42-31(23-14-6-2-7-15-23)24-16-8-3-9-17-24/h1-19,29,31,33H,20-21H2,(H,37,39)/t29?,33-/m1/s1. The molecule has 2 atom stereocenters. The highest BCUT2D eigenvalue weighted by Gasteiger charge is 2.55. The Hall–Kier alpha value is -4.38. The zero-order valence-corrected chi connectivity index (χ0v) is 26.3. The number of carbonyl (C=O) groups is 3. The minimum Gasteiger partial charge on any atom is -0.448 e. The number of aromatic nitrogens is 1. The largest absolute Gasteiger partial charge is 0.448 e. The van der Waals surface area contributed by atoms with Gasteiger partial charge in [0.25, 0.3) is 5.91 Å². The van der Waals surface area contributed by atoms with Crippen molar-refractivity contribution in [2.75, 3.05) is 5.75 Å². The Labute approximate surface area is 272 Å². The molecule has 1 unspecified atom stereocenters. The van der Waals surface area contributed by atoms with Crippen LogP contribution in [0.25, 0.3) is 10.2 Å². The molecule has 1 aromatic heterocycles. The van der Waals surface area contributed by atoms with E-state index in [9.17, 15) is 14.4 Å². The third kappa shape index (κ3) is 6.13. The van der Waals surface area contributed by atoms with Crippen molar-refractivity contribution in [2.24, 2.45) is 0 Å². The van der Waals surface area contributed by atoms with Crippen LogP contribution in [-0.4, -0.2) is 44.8 Å². The highest BCUT2D eigenvalue weighted by atomic mass is 32.2. The van der Waals surface area contributed by atoms with E-state index in [0.717, 1.165) is 31.2 Å². The number of thioether (sulfide) groups is 2. The van der Waals surface area contributed by atoms with Crippen LogP contribution in [-0.2, 0) is 25.5 Å². The topological polar surface area (TPSA) is 88.6 Å². The third-order valence-electron chi connectivity index (χ3n) is 7.56. The van der Waals surface area contributed by atoms with Crippen molar-refractivity contribution in [1.29, 1.82) is 0 Å². The van der Waals surface area contributed by atoms with E-state index < -0.39 is 23.5 Å². The molecule has 2 aliphatic rings. The molecule has 7 nitrogen and oxygen atoms in total. The molecule has 1 fully saturated rings. The number of fused-ring (bicyclic) bond motifs is 2. The molecule has 0 saturated carbocycles. The van der Waals surface area contributed by atoms with E-state index in [1.807, 2.05) is 115 Å². The van der Waals surface area contributed by atoms with E-state index in [2.05, 4.69) is 5.32 Å². The van der Waals surface area contributed by atoms with Crippen LogP contribution < -0.4 is 5.32 Å². The zero-order chi connectivity index (χ0) is 30.8. The third-order valence-corrected chi connectivity index (χ3v) is 11.2. The first kappa shape index (κ1) is 29.3. The minimum absolute atomic E-state index is 0.168. The molecule has 10 heteroatoms. The lowest BCUT2D eigenvalue weighted by molar-refractivity contribution is -0.154. The number of ether oxygens (including phenoxy) is 1. The fourth-order valence-corrected chi connectivity index (χ4v) is 9.11. The molecule has 4 aromatic carbocycles. The molecule has 7 rings (SSSR count). The van der Waals surface area contributed by atoms with Crippen molar-refractivity contribution in [2.45, 2.75) is 28.3 Å². The lowest BCUT2D eigenvalue weighted by Gasteiger charge is -2.49.